The fourth-order valence-electron chi connectivity index (χ4n) is 2.26. The molecular weight excluding hydrogens is 337 g/mol. The number of rotatable bonds is 3. The minimum atomic E-state index is -0.698. The molecule has 0 spiro atoms. The maximum Gasteiger partial charge on any atom is 0.329 e. The van der Waals surface area contributed by atoms with Crippen LogP contribution in [0.15, 0.2) is 52.1 Å². The van der Waals surface area contributed by atoms with Crippen LogP contribution in [0.5, 0.6) is 0 Å². The van der Waals surface area contributed by atoms with Crippen molar-refractivity contribution in [1.29, 1.82) is 0 Å². The number of aromatic amines is 1. The first-order chi connectivity index (χ1) is 11.5. The van der Waals surface area contributed by atoms with Gasteiger partial charge in [0.15, 0.2) is 0 Å². The molecule has 8 heteroatoms. The third-order valence-electron chi connectivity index (χ3n) is 3.39. The van der Waals surface area contributed by atoms with E-state index in [1.165, 1.54) is 12.1 Å². The summed E-state index contributed by atoms with van der Waals surface area (Å²) in [5.41, 5.74) is -0.709. The Morgan fingerprint density at radius 3 is 2.71 bits per heavy atom. The van der Waals surface area contributed by atoms with Crippen LogP contribution in [-0.4, -0.2) is 15.5 Å². The molecule has 0 fully saturated rings. The lowest BCUT2D eigenvalue weighted by molar-refractivity contribution is -0.116. The van der Waals surface area contributed by atoms with E-state index in [0.717, 1.165) is 10.6 Å². The van der Waals surface area contributed by atoms with Crippen molar-refractivity contribution in [3.8, 4) is 0 Å². The summed E-state index contributed by atoms with van der Waals surface area (Å²) < 4.78 is 14.1. The Bertz CT molecular complexity index is 1060. The predicted octanol–water partition coefficient (Wildman–Crippen LogP) is 2.12. The SMILES string of the molecule is O=C(Cn1c(=O)[nH]c2ccccc2c1=O)Nc1ccc(Cl)c(F)c1. The van der Waals surface area contributed by atoms with E-state index in [4.69, 9.17) is 11.6 Å². The van der Waals surface area contributed by atoms with E-state index in [9.17, 15) is 18.8 Å². The number of carbonyl (C=O) groups is 1. The second-order valence-corrected chi connectivity index (χ2v) is 5.45. The number of hydrogen-bond donors (Lipinski definition) is 2. The molecule has 3 rings (SSSR count). The van der Waals surface area contributed by atoms with Gasteiger partial charge in [0, 0.05) is 5.69 Å². The highest BCUT2D eigenvalue weighted by Crippen LogP contribution is 2.18. The molecule has 0 unspecified atom stereocenters. The third-order valence-corrected chi connectivity index (χ3v) is 3.70. The van der Waals surface area contributed by atoms with Crippen molar-refractivity contribution in [3.63, 3.8) is 0 Å². The highest BCUT2D eigenvalue weighted by atomic mass is 35.5. The molecule has 2 aromatic carbocycles. The first-order valence-corrected chi connectivity index (χ1v) is 7.30. The molecule has 1 heterocycles. The van der Waals surface area contributed by atoms with Gasteiger partial charge in [0.1, 0.15) is 12.4 Å². The highest BCUT2D eigenvalue weighted by Gasteiger charge is 2.12. The summed E-state index contributed by atoms with van der Waals surface area (Å²) in [5.74, 6) is -1.32. The molecule has 6 nitrogen and oxygen atoms in total. The van der Waals surface area contributed by atoms with Gasteiger partial charge in [-0.15, -0.1) is 0 Å². The van der Waals surface area contributed by atoms with E-state index in [1.54, 1.807) is 24.3 Å². The summed E-state index contributed by atoms with van der Waals surface area (Å²) >= 11 is 5.57. The second kappa shape index (κ2) is 6.29. The molecule has 0 radical (unpaired) electrons. The lowest BCUT2D eigenvalue weighted by Crippen LogP contribution is -2.38. The first-order valence-electron chi connectivity index (χ1n) is 6.92. The zero-order chi connectivity index (χ0) is 17.3. The smallest absolute Gasteiger partial charge is 0.324 e. The number of nitrogens with zero attached hydrogens (tertiary/aromatic N) is 1. The number of hydrogen-bond acceptors (Lipinski definition) is 3. The number of halogens is 2. The molecule has 24 heavy (non-hydrogen) atoms. The lowest BCUT2D eigenvalue weighted by atomic mass is 10.2. The van der Waals surface area contributed by atoms with Gasteiger partial charge >= 0.3 is 5.69 Å². The van der Waals surface area contributed by atoms with Gasteiger partial charge < -0.3 is 10.3 Å². The number of anilines is 1. The average Bonchev–Trinajstić information content (AvgIpc) is 2.55. The van der Waals surface area contributed by atoms with Crippen LogP contribution in [0.1, 0.15) is 0 Å². The molecule has 0 aliphatic carbocycles. The molecule has 0 atom stereocenters. The number of carbonyl (C=O) groups excluding carboxylic acids is 1. The van der Waals surface area contributed by atoms with Gasteiger partial charge in [-0.05, 0) is 30.3 Å². The van der Waals surface area contributed by atoms with Crippen LogP contribution in [0.2, 0.25) is 5.02 Å². The lowest BCUT2D eigenvalue weighted by Gasteiger charge is -2.08. The fourth-order valence-corrected chi connectivity index (χ4v) is 2.38. The Balaban J connectivity index is 1.89. The number of para-hydroxylation sites is 1. The number of benzene rings is 2. The molecule has 0 aliphatic rings. The van der Waals surface area contributed by atoms with Crippen molar-refractivity contribution in [3.05, 3.63) is 74.1 Å². The average molecular weight is 348 g/mol. The standard InChI is InChI=1S/C16H11ClFN3O3/c17-11-6-5-9(7-12(11)18)19-14(22)8-21-15(23)10-3-1-2-4-13(10)20-16(21)24/h1-7H,8H2,(H,19,22)(H,20,24). The largest absolute Gasteiger partial charge is 0.329 e. The number of aromatic nitrogens is 2. The maximum absolute atomic E-state index is 13.4. The molecule has 0 saturated carbocycles. The van der Waals surface area contributed by atoms with Crippen molar-refractivity contribution in [1.82, 2.24) is 9.55 Å². The van der Waals surface area contributed by atoms with Gasteiger partial charge in [-0.3, -0.25) is 14.2 Å². The van der Waals surface area contributed by atoms with Gasteiger partial charge in [0.05, 0.1) is 15.9 Å². The first kappa shape index (κ1) is 15.9. The van der Waals surface area contributed by atoms with Crippen molar-refractivity contribution in [2.45, 2.75) is 6.54 Å². The van der Waals surface area contributed by atoms with Crippen molar-refractivity contribution >= 4 is 34.1 Å². The van der Waals surface area contributed by atoms with Crippen LogP contribution in [0, 0.1) is 5.82 Å². The van der Waals surface area contributed by atoms with E-state index in [2.05, 4.69) is 10.3 Å². The molecule has 122 valence electrons. The predicted molar refractivity (Wildman–Crippen MR) is 88.9 cm³/mol. The van der Waals surface area contributed by atoms with Gasteiger partial charge in [-0.2, -0.15) is 0 Å². The number of amides is 1. The Morgan fingerprint density at radius 2 is 1.96 bits per heavy atom. The summed E-state index contributed by atoms with van der Waals surface area (Å²) in [4.78, 5) is 38.9. The van der Waals surface area contributed by atoms with Crippen LogP contribution in [-0.2, 0) is 11.3 Å². The van der Waals surface area contributed by atoms with Crippen molar-refractivity contribution < 1.29 is 9.18 Å². The van der Waals surface area contributed by atoms with Gasteiger partial charge in [0.2, 0.25) is 5.91 Å². The Morgan fingerprint density at radius 1 is 1.21 bits per heavy atom. The monoisotopic (exact) mass is 347 g/mol. The van der Waals surface area contributed by atoms with Gasteiger partial charge in [-0.25, -0.2) is 9.18 Å². The molecule has 1 aromatic heterocycles. The van der Waals surface area contributed by atoms with E-state index in [-0.39, 0.29) is 10.7 Å². The van der Waals surface area contributed by atoms with E-state index < -0.39 is 29.5 Å². The zero-order valence-electron chi connectivity index (χ0n) is 12.2. The summed E-state index contributed by atoms with van der Waals surface area (Å²) in [6.07, 6.45) is 0. The molecular formula is C16H11ClFN3O3. The molecule has 0 bridgehead atoms. The molecule has 1 amide bonds. The maximum atomic E-state index is 13.4. The van der Waals surface area contributed by atoms with E-state index in [1.807, 2.05) is 0 Å². The van der Waals surface area contributed by atoms with Crippen LogP contribution in [0.4, 0.5) is 10.1 Å². The molecule has 3 aromatic rings. The third kappa shape index (κ3) is 3.07. The topological polar surface area (TPSA) is 84.0 Å². The molecule has 2 N–H and O–H groups in total. The second-order valence-electron chi connectivity index (χ2n) is 5.04. The number of fused-ring (bicyclic) bond motifs is 1. The quantitative estimate of drug-likeness (QED) is 0.761. The normalized spacial score (nSPS) is 10.8. The minimum Gasteiger partial charge on any atom is -0.324 e. The zero-order valence-corrected chi connectivity index (χ0v) is 12.9. The van der Waals surface area contributed by atoms with Gasteiger partial charge in [0.25, 0.3) is 5.56 Å². The van der Waals surface area contributed by atoms with Crippen LogP contribution in [0.3, 0.4) is 0 Å². The summed E-state index contributed by atoms with van der Waals surface area (Å²) in [5, 5.41) is 2.63. The summed E-state index contributed by atoms with van der Waals surface area (Å²) in [7, 11) is 0. The van der Waals surface area contributed by atoms with Gasteiger partial charge in [-0.1, -0.05) is 23.7 Å². The van der Waals surface area contributed by atoms with E-state index >= 15 is 0 Å². The Hall–Kier alpha value is -2.93. The molecule has 0 saturated heterocycles. The van der Waals surface area contributed by atoms with Crippen LogP contribution < -0.4 is 16.6 Å². The summed E-state index contributed by atoms with van der Waals surface area (Å²) in [6.45, 7) is -0.497. The van der Waals surface area contributed by atoms with Crippen LogP contribution in [0.25, 0.3) is 10.9 Å². The van der Waals surface area contributed by atoms with Crippen molar-refractivity contribution in [2.75, 3.05) is 5.32 Å². The van der Waals surface area contributed by atoms with Crippen molar-refractivity contribution in [2.24, 2.45) is 0 Å². The minimum absolute atomic E-state index is 0.0739. The Kier molecular flexibility index (Phi) is 4.18. The highest BCUT2D eigenvalue weighted by molar-refractivity contribution is 6.30. The summed E-state index contributed by atoms with van der Waals surface area (Å²) in [6, 6.07) is 10.2. The Labute approximate surface area is 139 Å². The van der Waals surface area contributed by atoms with Crippen LogP contribution >= 0.6 is 11.6 Å². The number of H-pyrrole nitrogens is 1. The number of nitrogens with one attached hydrogen (secondary N) is 2. The van der Waals surface area contributed by atoms with E-state index in [0.29, 0.717) is 10.9 Å². The molecule has 0 aliphatic heterocycles. The fraction of sp³-hybridized carbons (Fsp3) is 0.0625.